The maximum Gasteiger partial charge on any atom is 0.283 e. The molecule has 3 aromatic carbocycles. The van der Waals surface area contributed by atoms with E-state index >= 15 is 0 Å². The number of nitrogens with zero attached hydrogens (tertiary/aromatic N) is 4. The van der Waals surface area contributed by atoms with E-state index in [2.05, 4.69) is 20.8 Å². The van der Waals surface area contributed by atoms with Crippen molar-refractivity contribution in [2.45, 2.75) is 6.54 Å². The highest BCUT2D eigenvalue weighted by Gasteiger charge is 2.16. The van der Waals surface area contributed by atoms with Gasteiger partial charge in [-0.25, -0.2) is 10.1 Å². The van der Waals surface area contributed by atoms with Crippen LogP contribution in [0.15, 0.2) is 71.8 Å². The van der Waals surface area contributed by atoms with Gasteiger partial charge in [-0.05, 0) is 42.0 Å². The number of aromatic nitrogens is 3. The van der Waals surface area contributed by atoms with Crippen LogP contribution in [0.2, 0.25) is 5.02 Å². The molecule has 7 nitrogen and oxygen atoms in total. The fourth-order valence-corrected chi connectivity index (χ4v) is 4.98. The maximum atomic E-state index is 12.6. The molecule has 5 rings (SSSR count). The number of halogens is 1. The Morgan fingerprint density at radius 3 is 2.85 bits per heavy atom. The van der Waals surface area contributed by atoms with Gasteiger partial charge in [0.15, 0.2) is 0 Å². The van der Waals surface area contributed by atoms with E-state index in [0.717, 1.165) is 38.0 Å². The van der Waals surface area contributed by atoms with Crippen LogP contribution in [0.25, 0.3) is 21.1 Å². The third-order valence-electron chi connectivity index (χ3n) is 5.17. The summed E-state index contributed by atoms with van der Waals surface area (Å²) in [6.07, 6.45) is 1.58. The van der Waals surface area contributed by atoms with Crippen LogP contribution in [0.4, 0.5) is 0 Å². The lowest BCUT2D eigenvalue weighted by Gasteiger charge is -2.10. The topological polar surface area (TPSA) is 81.4 Å². The summed E-state index contributed by atoms with van der Waals surface area (Å²) in [5.41, 5.74) is 6.05. The number of nitrogens with one attached hydrogen (secondary N) is 1. The van der Waals surface area contributed by atoms with Crippen molar-refractivity contribution in [3.05, 3.63) is 87.8 Å². The Balaban J connectivity index is 1.35. The Morgan fingerprint density at radius 2 is 2.00 bits per heavy atom. The van der Waals surface area contributed by atoms with Crippen molar-refractivity contribution in [2.24, 2.45) is 5.10 Å². The third kappa shape index (κ3) is 4.18. The molecule has 5 aromatic rings. The highest BCUT2D eigenvalue weighted by atomic mass is 35.5. The van der Waals surface area contributed by atoms with Crippen molar-refractivity contribution in [3.63, 3.8) is 0 Å². The van der Waals surface area contributed by atoms with E-state index in [1.54, 1.807) is 13.3 Å². The van der Waals surface area contributed by atoms with Gasteiger partial charge in [0.05, 0.1) is 30.4 Å². The number of carbonyl (C=O) groups is 1. The van der Waals surface area contributed by atoms with Crippen LogP contribution in [0.3, 0.4) is 0 Å². The lowest BCUT2D eigenvalue weighted by molar-refractivity contribution is 0.0959. The fourth-order valence-electron chi connectivity index (χ4n) is 3.57. The number of amides is 1. The molecule has 2 aromatic heterocycles. The average Bonchev–Trinajstić information content (AvgIpc) is 3.40. The quantitative estimate of drug-likeness (QED) is 0.273. The summed E-state index contributed by atoms with van der Waals surface area (Å²) in [5, 5.41) is 13.9. The number of benzene rings is 3. The molecule has 2 heterocycles. The van der Waals surface area contributed by atoms with E-state index in [-0.39, 0.29) is 5.91 Å². The number of hydrazone groups is 1. The summed E-state index contributed by atoms with van der Waals surface area (Å²) in [6, 6.07) is 21.1. The molecule has 33 heavy (non-hydrogen) atoms. The van der Waals surface area contributed by atoms with Crippen molar-refractivity contribution in [1.29, 1.82) is 0 Å². The molecule has 0 saturated heterocycles. The van der Waals surface area contributed by atoms with E-state index in [1.807, 2.05) is 71.4 Å². The van der Waals surface area contributed by atoms with Crippen molar-refractivity contribution < 1.29 is 9.53 Å². The van der Waals surface area contributed by atoms with Gasteiger partial charge < -0.3 is 4.74 Å². The summed E-state index contributed by atoms with van der Waals surface area (Å²) in [7, 11) is 1.63. The minimum Gasteiger partial charge on any atom is -0.496 e. The number of hydrogen-bond donors (Lipinski definition) is 1. The lowest BCUT2D eigenvalue weighted by atomic mass is 10.1. The smallest absolute Gasteiger partial charge is 0.283 e. The number of thiophene rings is 1. The lowest BCUT2D eigenvalue weighted by Crippen LogP contribution is -2.16. The minimum absolute atomic E-state index is 0.347. The number of methoxy groups -OCH3 is 1. The second-order valence-corrected chi connectivity index (χ2v) is 8.68. The summed E-state index contributed by atoms with van der Waals surface area (Å²) in [5.74, 6) is 0.382. The van der Waals surface area contributed by atoms with Gasteiger partial charge in [0.2, 0.25) is 0 Å². The largest absolute Gasteiger partial charge is 0.496 e. The molecule has 0 atom stereocenters. The first-order valence-electron chi connectivity index (χ1n) is 10.1. The zero-order valence-electron chi connectivity index (χ0n) is 17.5. The van der Waals surface area contributed by atoms with Gasteiger partial charge in [-0.2, -0.15) is 5.10 Å². The second kappa shape index (κ2) is 9.01. The zero-order chi connectivity index (χ0) is 22.8. The zero-order valence-corrected chi connectivity index (χ0v) is 19.1. The Kier molecular flexibility index (Phi) is 5.77. The van der Waals surface area contributed by atoms with Gasteiger partial charge in [-0.15, -0.1) is 16.4 Å². The third-order valence-corrected chi connectivity index (χ3v) is 6.84. The van der Waals surface area contributed by atoms with E-state index in [9.17, 15) is 4.79 Å². The summed E-state index contributed by atoms with van der Waals surface area (Å²) < 4.78 is 8.29. The highest BCUT2D eigenvalue weighted by molar-refractivity contribution is 7.21. The molecule has 0 unspecified atom stereocenters. The first-order chi connectivity index (χ1) is 16.1. The van der Waals surface area contributed by atoms with E-state index in [1.165, 1.54) is 11.3 Å². The molecule has 1 N–H and O–H groups in total. The standard InChI is InChI=1S/C24H18ClN5O2S/c1-32-20-11-10-15(12-16(20)14-30-19-8-4-3-7-18(19)27-29-30)13-26-28-24(31)23-22(25)17-6-2-5-9-21(17)33-23/h2-13H,14H2,1H3,(H,28,31)/b26-13+. The van der Waals surface area contributed by atoms with Crippen LogP contribution in [0.1, 0.15) is 20.8 Å². The molecule has 0 bridgehead atoms. The first-order valence-corrected chi connectivity index (χ1v) is 11.3. The Morgan fingerprint density at radius 1 is 1.18 bits per heavy atom. The van der Waals surface area contributed by atoms with Crippen molar-refractivity contribution in [1.82, 2.24) is 20.4 Å². The molecule has 0 fully saturated rings. The van der Waals surface area contributed by atoms with Crippen LogP contribution in [-0.2, 0) is 6.54 Å². The number of hydrogen-bond acceptors (Lipinski definition) is 6. The first kappa shape index (κ1) is 21.1. The average molecular weight is 476 g/mol. The Bertz CT molecular complexity index is 1510. The monoisotopic (exact) mass is 475 g/mol. The van der Waals surface area contributed by atoms with Gasteiger partial charge >= 0.3 is 0 Å². The van der Waals surface area contributed by atoms with Gasteiger partial charge in [-0.1, -0.05) is 47.1 Å². The molecule has 0 spiro atoms. The van der Waals surface area contributed by atoms with Gasteiger partial charge in [0.25, 0.3) is 5.91 Å². The van der Waals surface area contributed by atoms with E-state index < -0.39 is 0 Å². The molecule has 0 radical (unpaired) electrons. The summed E-state index contributed by atoms with van der Waals surface area (Å²) in [4.78, 5) is 13.0. The minimum atomic E-state index is -0.347. The molecule has 0 aliphatic carbocycles. The normalized spacial score (nSPS) is 11.5. The molecule has 0 saturated carbocycles. The Hall–Kier alpha value is -3.75. The van der Waals surface area contributed by atoms with E-state index in [0.29, 0.717) is 16.4 Å². The number of para-hydroxylation sites is 1. The van der Waals surface area contributed by atoms with E-state index in [4.69, 9.17) is 16.3 Å². The van der Waals surface area contributed by atoms with Crippen LogP contribution in [0, 0.1) is 0 Å². The highest BCUT2D eigenvalue weighted by Crippen LogP contribution is 2.35. The molecule has 164 valence electrons. The maximum absolute atomic E-state index is 12.6. The van der Waals surface area contributed by atoms with Crippen LogP contribution in [0.5, 0.6) is 5.75 Å². The number of carbonyl (C=O) groups excluding carboxylic acids is 1. The van der Waals surface area contributed by atoms with Crippen molar-refractivity contribution in [3.8, 4) is 5.75 Å². The Labute approximate surface area is 198 Å². The second-order valence-electron chi connectivity index (χ2n) is 7.25. The molecule has 9 heteroatoms. The number of ether oxygens (including phenoxy) is 1. The molecule has 0 aliphatic rings. The van der Waals surface area contributed by atoms with Crippen LogP contribution >= 0.6 is 22.9 Å². The summed E-state index contributed by atoms with van der Waals surface area (Å²) >= 11 is 7.72. The molecule has 1 amide bonds. The number of rotatable bonds is 6. The van der Waals surface area contributed by atoms with Crippen LogP contribution in [-0.4, -0.2) is 34.2 Å². The van der Waals surface area contributed by atoms with Crippen molar-refractivity contribution >= 4 is 56.2 Å². The molecular weight excluding hydrogens is 458 g/mol. The van der Waals surface area contributed by atoms with Gasteiger partial charge in [0.1, 0.15) is 16.1 Å². The SMILES string of the molecule is COc1ccc(/C=N/NC(=O)c2sc3ccccc3c2Cl)cc1Cn1nnc2ccccc21. The van der Waals surface area contributed by atoms with Crippen LogP contribution < -0.4 is 10.2 Å². The predicted octanol–water partition coefficient (Wildman–Crippen LogP) is 5.12. The van der Waals surface area contributed by atoms with Gasteiger partial charge in [-0.3, -0.25) is 4.79 Å². The van der Waals surface area contributed by atoms with Gasteiger partial charge in [0, 0.05) is 15.6 Å². The molecular formula is C24H18ClN5O2S. The van der Waals surface area contributed by atoms with Crippen molar-refractivity contribution in [2.75, 3.05) is 7.11 Å². The summed E-state index contributed by atoms with van der Waals surface area (Å²) in [6.45, 7) is 0.481. The molecule has 0 aliphatic heterocycles. The fraction of sp³-hybridized carbons (Fsp3) is 0.0833. The number of fused-ring (bicyclic) bond motifs is 2. The predicted molar refractivity (Wildman–Crippen MR) is 132 cm³/mol.